The molecule has 1 fully saturated rings. The molecule has 1 aromatic rings. The summed E-state index contributed by atoms with van der Waals surface area (Å²) in [5.41, 5.74) is 7.06. The van der Waals surface area contributed by atoms with Gasteiger partial charge in [0.25, 0.3) is 0 Å². The molecule has 0 radical (unpaired) electrons. The molecule has 1 amide bonds. The standard InChI is InChI=1S/C15H21N3OS/c1-2-18(11-7-8-11)10-9-14(19)17-13-6-4-3-5-12(13)15(16)20/h3-6,11H,2,7-10H2,1H3,(H2,16,20)(H,17,19). The van der Waals surface area contributed by atoms with Gasteiger partial charge in [-0.15, -0.1) is 0 Å². The molecule has 1 aliphatic rings. The molecular formula is C15H21N3OS. The molecule has 0 aliphatic heterocycles. The van der Waals surface area contributed by atoms with E-state index >= 15 is 0 Å². The number of rotatable bonds is 7. The summed E-state index contributed by atoms with van der Waals surface area (Å²) >= 11 is 4.99. The van der Waals surface area contributed by atoms with Gasteiger partial charge in [-0.3, -0.25) is 4.79 Å². The Hall–Kier alpha value is -1.46. The molecule has 0 unspecified atom stereocenters. The number of nitrogens with zero attached hydrogens (tertiary/aromatic N) is 1. The van der Waals surface area contributed by atoms with Crippen molar-refractivity contribution in [1.82, 2.24) is 4.90 Å². The van der Waals surface area contributed by atoms with E-state index in [1.807, 2.05) is 24.3 Å². The lowest BCUT2D eigenvalue weighted by molar-refractivity contribution is -0.116. The Bertz CT molecular complexity index is 500. The molecule has 108 valence electrons. The number of hydrogen-bond donors (Lipinski definition) is 2. The van der Waals surface area contributed by atoms with E-state index in [9.17, 15) is 4.79 Å². The van der Waals surface area contributed by atoms with E-state index in [0.717, 1.165) is 13.1 Å². The zero-order chi connectivity index (χ0) is 14.5. The molecule has 0 aromatic heterocycles. The summed E-state index contributed by atoms with van der Waals surface area (Å²) in [5, 5.41) is 2.90. The van der Waals surface area contributed by atoms with Crippen molar-refractivity contribution >= 4 is 28.8 Å². The average Bonchev–Trinajstić information content (AvgIpc) is 3.24. The van der Waals surface area contributed by atoms with Crippen LogP contribution in [0.25, 0.3) is 0 Å². The van der Waals surface area contributed by atoms with E-state index in [1.165, 1.54) is 12.8 Å². The molecule has 3 N–H and O–H groups in total. The SMILES string of the molecule is CCN(CCC(=O)Nc1ccccc1C(N)=S)C1CC1. The van der Waals surface area contributed by atoms with Crippen LogP contribution in [0.15, 0.2) is 24.3 Å². The minimum Gasteiger partial charge on any atom is -0.389 e. The summed E-state index contributed by atoms with van der Waals surface area (Å²) in [6, 6.07) is 8.05. The van der Waals surface area contributed by atoms with Crippen LogP contribution in [-0.2, 0) is 4.79 Å². The fraction of sp³-hybridized carbons (Fsp3) is 0.467. The van der Waals surface area contributed by atoms with Gasteiger partial charge in [0, 0.05) is 24.6 Å². The molecule has 0 spiro atoms. The molecule has 0 heterocycles. The summed E-state index contributed by atoms with van der Waals surface area (Å²) in [5.74, 6) is 0.00722. The molecule has 0 saturated heterocycles. The lowest BCUT2D eigenvalue weighted by Gasteiger charge is -2.19. The van der Waals surface area contributed by atoms with Crippen molar-refractivity contribution < 1.29 is 4.79 Å². The minimum atomic E-state index is 0.00722. The molecule has 0 atom stereocenters. The first-order valence-corrected chi connectivity index (χ1v) is 7.45. The summed E-state index contributed by atoms with van der Waals surface area (Å²) in [6.45, 7) is 3.95. The Kier molecular flexibility index (Phi) is 5.09. The van der Waals surface area contributed by atoms with Gasteiger partial charge in [0.15, 0.2) is 0 Å². The van der Waals surface area contributed by atoms with Crippen molar-refractivity contribution in [3.8, 4) is 0 Å². The molecule has 1 aromatic carbocycles. The monoisotopic (exact) mass is 291 g/mol. The molecule has 5 heteroatoms. The number of nitrogens with one attached hydrogen (secondary N) is 1. The molecule has 0 bridgehead atoms. The van der Waals surface area contributed by atoms with Crippen molar-refractivity contribution in [2.75, 3.05) is 18.4 Å². The highest BCUT2D eigenvalue weighted by atomic mass is 32.1. The first-order chi connectivity index (χ1) is 9.61. The third kappa shape index (κ3) is 4.02. The van der Waals surface area contributed by atoms with Crippen LogP contribution in [0.3, 0.4) is 0 Å². The first-order valence-electron chi connectivity index (χ1n) is 7.04. The van der Waals surface area contributed by atoms with Gasteiger partial charge in [0.2, 0.25) is 5.91 Å². The molecule has 2 rings (SSSR count). The lowest BCUT2D eigenvalue weighted by atomic mass is 10.1. The molecule has 1 saturated carbocycles. The van der Waals surface area contributed by atoms with E-state index in [1.54, 1.807) is 0 Å². The molecule has 1 aliphatic carbocycles. The Balaban J connectivity index is 1.89. The Morgan fingerprint density at radius 2 is 2.15 bits per heavy atom. The highest BCUT2D eigenvalue weighted by Gasteiger charge is 2.27. The van der Waals surface area contributed by atoms with E-state index in [0.29, 0.717) is 28.7 Å². The number of carbonyl (C=O) groups excluding carboxylic acids is 1. The van der Waals surface area contributed by atoms with Crippen molar-refractivity contribution in [3.63, 3.8) is 0 Å². The third-order valence-electron chi connectivity index (χ3n) is 3.56. The maximum Gasteiger partial charge on any atom is 0.225 e. The zero-order valence-electron chi connectivity index (χ0n) is 11.8. The third-order valence-corrected chi connectivity index (χ3v) is 3.78. The molecular weight excluding hydrogens is 270 g/mol. The van der Waals surface area contributed by atoms with Gasteiger partial charge in [-0.05, 0) is 31.5 Å². The van der Waals surface area contributed by atoms with Crippen molar-refractivity contribution in [3.05, 3.63) is 29.8 Å². The molecule has 4 nitrogen and oxygen atoms in total. The summed E-state index contributed by atoms with van der Waals surface area (Å²) in [7, 11) is 0. The van der Waals surface area contributed by atoms with Gasteiger partial charge in [-0.2, -0.15) is 0 Å². The van der Waals surface area contributed by atoms with Crippen LogP contribution in [0.5, 0.6) is 0 Å². The number of amides is 1. The van der Waals surface area contributed by atoms with Gasteiger partial charge in [-0.1, -0.05) is 31.3 Å². The van der Waals surface area contributed by atoms with E-state index in [4.69, 9.17) is 18.0 Å². The second-order valence-electron chi connectivity index (χ2n) is 5.07. The Morgan fingerprint density at radius 3 is 2.75 bits per heavy atom. The van der Waals surface area contributed by atoms with E-state index in [-0.39, 0.29) is 5.91 Å². The number of nitrogens with two attached hydrogens (primary N) is 1. The summed E-state index contributed by atoms with van der Waals surface area (Å²) in [6.07, 6.45) is 3.02. The number of carbonyl (C=O) groups is 1. The quantitative estimate of drug-likeness (QED) is 0.756. The maximum absolute atomic E-state index is 12.0. The summed E-state index contributed by atoms with van der Waals surface area (Å²) in [4.78, 5) is 14.7. The molecule has 20 heavy (non-hydrogen) atoms. The first kappa shape index (κ1) is 14.9. The van der Waals surface area contributed by atoms with Gasteiger partial charge >= 0.3 is 0 Å². The summed E-state index contributed by atoms with van der Waals surface area (Å²) < 4.78 is 0. The van der Waals surface area contributed by atoms with Crippen LogP contribution < -0.4 is 11.1 Å². The normalized spacial score (nSPS) is 14.3. The van der Waals surface area contributed by atoms with E-state index in [2.05, 4.69) is 17.1 Å². The minimum absolute atomic E-state index is 0.00722. The van der Waals surface area contributed by atoms with Gasteiger partial charge in [0.1, 0.15) is 4.99 Å². The van der Waals surface area contributed by atoms with Crippen LogP contribution in [0.2, 0.25) is 0 Å². The van der Waals surface area contributed by atoms with E-state index < -0.39 is 0 Å². The second-order valence-corrected chi connectivity index (χ2v) is 5.51. The van der Waals surface area contributed by atoms with Crippen LogP contribution in [0.4, 0.5) is 5.69 Å². The predicted molar refractivity (Wildman–Crippen MR) is 85.8 cm³/mol. The Labute approximate surface area is 125 Å². The zero-order valence-corrected chi connectivity index (χ0v) is 12.6. The van der Waals surface area contributed by atoms with Gasteiger partial charge < -0.3 is 16.0 Å². The lowest BCUT2D eigenvalue weighted by Crippen LogP contribution is -2.29. The fourth-order valence-electron chi connectivity index (χ4n) is 2.30. The van der Waals surface area contributed by atoms with Crippen LogP contribution in [-0.4, -0.2) is 34.9 Å². The predicted octanol–water partition coefficient (Wildman–Crippen LogP) is 2.13. The number of thiocarbonyl (C=S) groups is 1. The second kappa shape index (κ2) is 6.81. The van der Waals surface area contributed by atoms with Crippen LogP contribution in [0.1, 0.15) is 31.7 Å². The fourth-order valence-corrected chi connectivity index (χ4v) is 2.48. The highest BCUT2D eigenvalue weighted by molar-refractivity contribution is 7.80. The van der Waals surface area contributed by atoms with Crippen molar-refractivity contribution in [2.45, 2.75) is 32.2 Å². The topological polar surface area (TPSA) is 58.4 Å². The largest absolute Gasteiger partial charge is 0.389 e. The smallest absolute Gasteiger partial charge is 0.225 e. The van der Waals surface area contributed by atoms with Gasteiger partial charge in [-0.25, -0.2) is 0 Å². The number of anilines is 1. The van der Waals surface area contributed by atoms with Crippen molar-refractivity contribution in [1.29, 1.82) is 0 Å². The maximum atomic E-state index is 12.0. The Morgan fingerprint density at radius 1 is 1.45 bits per heavy atom. The van der Waals surface area contributed by atoms with Gasteiger partial charge in [0.05, 0.1) is 5.69 Å². The number of benzene rings is 1. The van der Waals surface area contributed by atoms with Crippen molar-refractivity contribution in [2.24, 2.45) is 5.73 Å². The van der Waals surface area contributed by atoms with Crippen LogP contribution >= 0.6 is 12.2 Å². The van der Waals surface area contributed by atoms with Crippen LogP contribution in [0, 0.1) is 0 Å². The number of para-hydroxylation sites is 1. The number of hydrogen-bond acceptors (Lipinski definition) is 3. The highest BCUT2D eigenvalue weighted by Crippen LogP contribution is 2.26. The average molecular weight is 291 g/mol.